The van der Waals surface area contributed by atoms with Crippen molar-refractivity contribution in [3.05, 3.63) is 77.1 Å². The van der Waals surface area contributed by atoms with Crippen LogP contribution in [0.2, 0.25) is 0 Å². The Morgan fingerprint density at radius 1 is 1.04 bits per heavy atom. The number of carbonyl (C=O) groups excluding carboxylic acids is 1. The van der Waals surface area contributed by atoms with Gasteiger partial charge in [-0.05, 0) is 24.3 Å². The predicted molar refractivity (Wildman–Crippen MR) is 102 cm³/mol. The van der Waals surface area contributed by atoms with Crippen LogP contribution in [0, 0.1) is 0 Å². The number of carbonyl (C=O) groups is 1. The lowest BCUT2D eigenvalue weighted by atomic mass is 10.1. The Bertz CT molecular complexity index is 1140. The molecule has 0 aliphatic heterocycles. The molecule has 0 atom stereocenters. The number of benzene rings is 2. The van der Waals surface area contributed by atoms with Crippen LogP contribution in [0.25, 0.3) is 11.3 Å². The second kappa shape index (κ2) is 7.55. The van der Waals surface area contributed by atoms with E-state index in [1.165, 1.54) is 24.3 Å². The number of rotatable bonds is 5. The van der Waals surface area contributed by atoms with E-state index in [9.17, 15) is 18.0 Å². The maximum Gasteiger partial charge on any atom is 0.267 e. The van der Waals surface area contributed by atoms with Crippen LogP contribution in [0.15, 0.2) is 76.4 Å². The molecule has 2 aromatic carbocycles. The highest BCUT2D eigenvalue weighted by Gasteiger charge is 2.11. The fourth-order valence-corrected chi connectivity index (χ4v) is 3.13. The van der Waals surface area contributed by atoms with Crippen LogP contribution < -0.4 is 10.9 Å². The first-order valence-corrected chi connectivity index (χ1v) is 9.96. The molecule has 0 bridgehead atoms. The summed E-state index contributed by atoms with van der Waals surface area (Å²) in [6, 6.07) is 18.2. The molecule has 3 aromatic rings. The Morgan fingerprint density at radius 2 is 1.78 bits per heavy atom. The average molecular weight is 383 g/mol. The van der Waals surface area contributed by atoms with Gasteiger partial charge in [0.15, 0.2) is 9.84 Å². The highest BCUT2D eigenvalue weighted by atomic mass is 32.2. The molecule has 8 heteroatoms. The lowest BCUT2D eigenvalue weighted by molar-refractivity contribution is -0.117. The summed E-state index contributed by atoms with van der Waals surface area (Å²) in [4.78, 5) is 24.4. The molecule has 27 heavy (non-hydrogen) atoms. The van der Waals surface area contributed by atoms with Crippen molar-refractivity contribution in [2.45, 2.75) is 11.4 Å². The van der Waals surface area contributed by atoms with Gasteiger partial charge < -0.3 is 5.32 Å². The summed E-state index contributed by atoms with van der Waals surface area (Å²) in [6.45, 7) is -0.289. The Hall–Kier alpha value is -3.26. The lowest BCUT2D eigenvalue weighted by Gasteiger charge is -2.09. The van der Waals surface area contributed by atoms with E-state index in [0.717, 1.165) is 16.5 Å². The molecule has 0 spiro atoms. The largest absolute Gasteiger partial charge is 0.324 e. The van der Waals surface area contributed by atoms with E-state index in [1.54, 1.807) is 12.1 Å². The maximum absolute atomic E-state index is 12.3. The highest BCUT2D eigenvalue weighted by Crippen LogP contribution is 2.16. The fraction of sp³-hybridized carbons (Fsp3) is 0.105. The maximum atomic E-state index is 12.3. The van der Waals surface area contributed by atoms with Crippen molar-refractivity contribution >= 4 is 21.4 Å². The van der Waals surface area contributed by atoms with Gasteiger partial charge in [-0.1, -0.05) is 36.4 Å². The molecule has 0 saturated carbocycles. The summed E-state index contributed by atoms with van der Waals surface area (Å²) >= 11 is 0. The third kappa shape index (κ3) is 4.68. The van der Waals surface area contributed by atoms with Crippen molar-refractivity contribution in [2.24, 2.45) is 0 Å². The molecular weight excluding hydrogens is 366 g/mol. The van der Waals surface area contributed by atoms with Gasteiger partial charge in [-0.15, -0.1) is 0 Å². The summed E-state index contributed by atoms with van der Waals surface area (Å²) in [6.07, 6.45) is 1.09. The average Bonchev–Trinajstić information content (AvgIpc) is 2.64. The fourth-order valence-electron chi connectivity index (χ4n) is 2.47. The summed E-state index contributed by atoms with van der Waals surface area (Å²) in [5.74, 6) is -0.486. The number of nitrogens with one attached hydrogen (secondary N) is 1. The third-order valence-electron chi connectivity index (χ3n) is 3.78. The van der Waals surface area contributed by atoms with Crippen LogP contribution in [0.5, 0.6) is 0 Å². The quantitative estimate of drug-likeness (QED) is 0.726. The van der Waals surface area contributed by atoms with Crippen molar-refractivity contribution in [2.75, 3.05) is 11.6 Å². The van der Waals surface area contributed by atoms with Crippen LogP contribution >= 0.6 is 0 Å². The van der Waals surface area contributed by atoms with Gasteiger partial charge in [0.1, 0.15) is 6.54 Å². The number of aromatic nitrogens is 2. The Labute approximate surface area is 156 Å². The predicted octanol–water partition coefficient (Wildman–Crippen LogP) is 1.95. The zero-order chi connectivity index (χ0) is 19.4. The number of hydrogen-bond donors (Lipinski definition) is 1. The second-order valence-corrected chi connectivity index (χ2v) is 7.94. The Morgan fingerprint density at radius 3 is 2.48 bits per heavy atom. The molecule has 1 N–H and O–H groups in total. The van der Waals surface area contributed by atoms with Gasteiger partial charge in [-0.25, -0.2) is 13.1 Å². The van der Waals surface area contributed by atoms with E-state index in [-0.39, 0.29) is 11.4 Å². The summed E-state index contributed by atoms with van der Waals surface area (Å²) in [5, 5.41) is 6.81. The summed E-state index contributed by atoms with van der Waals surface area (Å²) < 4.78 is 24.3. The second-order valence-electron chi connectivity index (χ2n) is 5.93. The van der Waals surface area contributed by atoms with Crippen molar-refractivity contribution in [3.63, 3.8) is 0 Å². The lowest BCUT2D eigenvalue weighted by Crippen LogP contribution is -2.29. The zero-order valence-electron chi connectivity index (χ0n) is 14.5. The van der Waals surface area contributed by atoms with Crippen LogP contribution in [0.3, 0.4) is 0 Å². The molecular formula is C19H17N3O4S. The number of anilines is 1. The molecule has 0 unspecified atom stereocenters. The SMILES string of the molecule is CS(=O)(=O)c1cccc(NC(=O)Cn2nc(-c3ccccc3)ccc2=O)c1. The molecule has 0 fully saturated rings. The minimum atomic E-state index is -3.38. The van der Waals surface area contributed by atoms with Crippen molar-refractivity contribution < 1.29 is 13.2 Å². The number of amides is 1. The van der Waals surface area contributed by atoms with Gasteiger partial charge in [0.25, 0.3) is 5.56 Å². The molecule has 138 valence electrons. The van der Waals surface area contributed by atoms with E-state index in [2.05, 4.69) is 10.4 Å². The standard InChI is InChI=1S/C19H17N3O4S/c1-27(25,26)16-9-5-8-15(12-16)20-18(23)13-22-19(24)11-10-17(21-22)14-6-3-2-4-7-14/h2-12H,13H2,1H3,(H,20,23). The Kier molecular flexibility index (Phi) is 5.18. The van der Waals surface area contributed by atoms with E-state index >= 15 is 0 Å². The summed E-state index contributed by atoms with van der Waals surface area (Å²) in [7, 11) is -3.38. The molecule has 1 heterocycles. The Balaban J connectivity index is 1.80. The molecule has 1 amide bonds. The molecule has 0 radical (unpaired) electrons. The molecule has 0 aliphatic carbocycles. The van der Waals surface area contributed by atoms with E-state index in [0.29, 0.717) is 11.4 Å². The number of nitrogens with zero attached hydrogens (tertiary/aromatic N) is 2. The van der Waals surface area contributed by atoms with Gasteiger partial charge >= 0.3 is 0 Å². The van der Waals surface area contributed by atoms with Crippen LogP contribution in [0.1, 0.15) is 0 Å². The smallest absolute Gasteiger partial charge is 0.267 e. The van der Waals surface area contributed by atoms with E-state index in [4.69, 9.17) is 0 Å². The first-order valence-electron chi connectivity index (χ1n) is 8.06. The summed E-state index contributed by atoms with van der Waals surface area (Å²) in [5.41, 5.74) is 1.32. The van der Waals surface area contributed by atoms with Gasteiger partial charge in [0.2, 0.25) is 5.91 Å². The monoisotopic (exact) mass is 383 g/mol. The van der Waals surface area contributed by atoms with Crippen LogP contribution in [-0.4, -0.2) is 30.4 Å². The minimum Gasteiger partial charge on any atom is -0.324 e. The zero-order valence-corrected chi connectivity index (χ0v) is 15.3. The molecule has 1 aromatic heterocycles. The first-order chi connectivity index (χ1) is 12.8. The molecule has 0 saturated heterocycles. The van der Waals surface area contributed by atoms with Gasteiger partial charge in [-0.2, -0.15) is 5.10 Å². The van der Waals surface area contributed by atoms with E-state index < -0.39 is 21.3 Å². The van der Waals surface area contributed by atoms with Gasteiger partial charge in [0, 0.05) is 23.6 Å². The van der Waals surface area contributed by atoms with Crippen molar-refractivity contribution in [3.8, 4) is 11.3 Å². The van der Waals surface area contributed by atoms with Crippen LogP contribution in [-0.2, 0) is 21.2 Å². The molecule has 3 rings (SSSR count). The number of hydrogen-bond acceptors (Lipinski definition) is 5. The number of sulfone groups is 1. The minimum absolute atomic E-state index is 0.0988. The van der Waals surface area contributed by atoms with E-state index in [1.807, 2.05) is 30.3 Å². The van der Waals surface area contributed by atoms with Crippen molar-refractivity contribution in [1.29, 1.82) is 0 Å². The molecule has 0 aliphatic rings. The topological polar surface area (TPSA) is 98.1 Å². The molecule has 7 nitrogen and oxygen atoms in total. The van der Waals surface area contributed by atoms with Crippen molar-refractivity contribution in [1.82, 2.24) is 9.78 Å². The van der Waals surface area contributed by atoms with Gasteiger partial charge in [-0.3, -0.25) is 9.59 Å². The third-order valence-corrected chi connectivity index (χ3v) is 4.89. The highest BCUT2D eigenvalue weighted by molar-refractivity contribution is 7.90. The first kappa shape index (κ1) is 18.5. The van der Waals surface area contributed by atoms with Gasteiger partial charge in [0.05, 0.1) is 10.6 Å². The normalized spacial score (nSPS) is 11.1. The van der Waals surface area contributed by atoms with Crippen LogP contribution in [0.4, 0.5) is 5.69 Å².